The van der Waals surface area contributed by atoms with Crippen LogP contribution in [0.2, 0.25) is 0 Å². The molecule has 0 bridgehead atoms. The van der Waals surface area contributed by atoms with Crippen molar-refractivity contribution in [3.63, 3.8) is 0 Å². The third kappa shape index (κ3) is 5.35. The zero-order valence-electron chi connectivity index (χ0n) is 9.88. The molecule has 0 heterocycles. The van der Waals surface area contributed by atoms with E-state index in [-0.39, 0.29) is 18.1 Å². The van der Waals surface area contributed by atoms with Crippen molar-refractivity contribution >= 4 is 17.5 Å². The lowest BCUT2D eigenvalue weighted by molar-refractivity contribution is -0.139. The Bertz CT molecular complexity index is 197. The zero-order chi connectivity index (χ0) is 11.9. The first kappa shape index (κ1) is 14.7. The number of halogens is 1. The minimum atomic E-state index is -0.344. The lowest BCUT2D eigenvalue weighted by atomic mass is 10.1. The number of amides is 1. The highest BCUT2D eigenvalue weighted by Gasteiger charge is 2.26. The molecule has 4 nitrogen and oxygen atoms in total. The van der Waals surface area contributed by atoms with E-state index in [0.717, 1.165) is 0 Å². The summed E-state index contributed by atoms with van der Waals surface area (Å²) in [5.74, 6) is 0.324. The van der Waals surface area contributed by atoms with Gasteiger partial charge in [0.05, 0.1) is 18.8 Å². The van der Waals surface area contributed by atoms with Crippen molar-refractivity contribution in [3.8, 4) is 0 Å². The largest absolute Gasteiger partial charge is 0.382 e. The molecule has 0 spiro atoms. The van der Waals surface area contributed by atoms with Gasteiger partial charge >= 0.3 is 0 Å². The minimum Gasteiger partial charge on any atom is -0.382 e. The van der Waals surface area contributed by atoms with Crippen LogP contribution in [-0.4, -0.2) is 56.2 Å². The van der Waals surface area contributed by atoms with Gasteiger partial charge in [0.25, 0.3) is 0 Å². The molecule has 0 radical (unpaired) electrons. The van der Waals surface area contributed by atoms with Crippen LogP contribution in [0, 0.1) is 0 Å². The topological polar surface area (TPSA) is 38.8 Å². The second-order valence-corrected chi connectivity index (χ2v) is 4.21. The van der Waals surface area contributed by atoms with Gasteiger partial charge in [0.1, 0.15) is 6.61 Å². The van der Waals surface area contributed by atoms with Crippen LogP contribution in [-0.2, 0) is 14.3 Å². The molecular formula is C10H20ClNO3. The summed E-state index contributed by atoms with van der Waals surface area (Å²) >= 11 is 5.76. The van der Waals surface area contributed by atoms with Gasteiger partial charge in [-0.15, -0.1) is 11.6 Å². The second kappa shape index (κ2) is 7.04. The Hall–Kier alpha value is -0.320. The fourth-order valence-electron chi connectivity index (χ4n) is 0.826. The fraction of sp³-hybridized carbons (Fsp3) is 0.900. The number of hydrogen-bond acceptors (Lipinski definition) is 3. The van der Waals surface area contributed by atoms with E-state index in [0.29, 0.717) is 19.1 Å². The third-order valence-corrected chi connectivity index (χ3v) is 2.92. The Morgan fingerprint density at radius 1 is 1.40 bits per heavy atom. The van der Waals surface area contributed by atoms with Crippen LogP contribution in [0.4, 0.5) is 0 Å². The highest BCUT2D eigenvalue weighted by molar-refractivity contribution is 6.18. The Morgan fingerprint density at radius 3 is 2.47 bits per heavy atom. The van der Waals surface area contributed by atoms with Crippen LogP contribution in [0.15, 0.2) is 0 Å². The number of alkyl halides is 1. The van der Waals surface area contributed by atoms with Gasteiger partial charge in [-0.2, -0.15) is 0 Å². The van der Waals surface area contributed by atoms with E-state index in [9.17, 15) is 4.79 Å². The SMILES string of the molecule is COCCOCC(=O)N(C)C(C)(C)CCl. The molecule has 0 atom stereocenters. The van der Waals surface area contributed by atoms with Crippen molar-refractivity contribution in [2.75, 3.05) is 39.9 Å². The van der Waals surface area contributed by atoms with Crippen molar-refractivity contribution in [1.29, 1.82) is 0 Å². The zero-order valence-corrected chi connectivity index (χ0v) is 10.6. The molecule has 15 heavy (non-hydrogen) atoms. The van der Waals surface area contributed by atoms with Crippen molar-refractivity contribution < 1.29 is 14.3 Å². The predicted molar refractivity (Wildman–Crippen MR) is 60.3 cm³/mol. The van der Waals surface area contributed by atoms with Crippen molar-refractivity contribution in [3.05, 3.63) is 0 Å². The average Bonchev–Trinajstić information content (AvgIpc) is 2.23. The van der Waals surface area contributed by atoms with E-state index >= 15 is 0 Å². The molecule has 0 N–H and O–H groups in total. The Morgan fingerprint density at radius 2 is 2.00 bits per heavy atom. The van der Waals surface area contributed by atoms with Crippen molar-refractivity contribution in [2.24, 2.45) is 0 Å². The van der Waals surface area contributed by atoms with Crippen LogP contribution >= 0.6 is 11.6 Å². The van der Waals surface area contributed by atoms with Crippen molar-refractivity contribution in [1.82, 2.24) is 4.90 Å². The first-order valence-electron chi connectivity index (χ1n) is 4.85. The van der Waals surface area contributed by atoms with E-state index < -0.39 is 0 Å². The molecular weight excluding hydrogens is 218 g/mol. The molecule has 1 amide bonds. The summed E-state index contributed by atoms with van der Waals surface area (Å²) in [7, 11) is 3.32. The van der Waals surface area contributed by atoms with Gasteiger partial charge < -0.3 is 14.4 Å². The van der Waals surface area contributed by atoms with Gasteiger partial charge in [0.2, 0.25) is 5.91 Å². The summed E-state index contributed by atoms with van der Waals surface area (Å²) in [6.45, 7) is 4.81. The summed E-state index contributed by atoms with van der Waals surface area (Å²) in [6, 6.07) is 0. The quantitative estimate of drug-likeness (QED) is 0.492. The van der Waals surface area contributed by atoms with Crippen LogP contribution < -0.4 is 0 Å². The molecule has 0 saturated heterocycles. The molecule has 0 aromatic rings. The molecule has 0 aromatic carbocycles. The van der Waals surface area contributed by atoms with Crippen LogP contribution in [0.1, 0.15) is 13.8 Å². The van der Waals surface area contributed by atoms with Gasteiger partial charge in [-0.1, -0.05) is 0 Å². The number of nitrogens with zero attached hydrogens (tertiary/aromatic N) is 1. The van der Waals surface area contributed by atoms with Crippen molar-refractivity contribution in [2.45, 2.75) is 19.4 Å². The van der Waals surface area contributed by atoms with Gasteiger partial charge in [-0.3, -0.25) is 4.79 Å². The van der Waals surface area contributed by atoms with E-state index in [1.165, 1.54) is 0 Å². The number of ether oxygens (including phenoxy) is 2. The maximum Gasteiger partial charge on any atom is 0.248 e. The summed E-state index contributed by atoms with van der Waals surface area (Å²) in [5.41, 5.74) is -0.344. The lowest BCUT2D eigenvalue weighted by Gasteiger charge is -2.33. The number of likely N-dealkylation sites (N-methyl/N-ethyl adjacent to an activating group) is 1. The van der Waals surface area contributed by atoms with Gasteiger partial charge in [-0.05, 0) is 13.8 Å². The highest BCUT2D eigenvalue weighted by Crippen LogP contribution is 2.14. The van der Waals surface area contributed by atoms with Crippen LogP contribution in [0.5, 0.6) is 0 Å². The molecule has 0 aliphatic heterocycles. The fourth-order valence-corrected chi connectivity index (χ4v) is 1.01. The molecule has 90 valence electrons. The second-order valence-electron chi connectivity index (χ2n) is 3.94. The number of carbonyl (C=O) groups excluding carboxylic acids is 1. The molecule has 0 aliphatic rings. The molecule has 5 heteroatoms. The maximum atomic E-state index is 11.6. The van der Waals surface area contributed by atoms with Gasteiger partial charge in [0, 0.05) is 20.0 Å². The number of rotatable bonds is 7. The van der Waals surface area contributed by atoms with E-state index in [1.54, 1.807) is 19.1 Å². The smallest absolute Gasteiger partial charge is 0.248 e. The van der Waals surface area contributed by atoms with Gasteiger partial charge in [-0.25, -0.2) is 0 Å². The first-order valence-corrected chi connectivity index (χ1v) is 5.38. The number of carbonyl (C=O) groups is 1. The minimum absolute atomic E-state index is 0.0696. The lowest BCUT2D eigenvalue weighted by Crippen LogP contribution is -2.47. The summed E-state index contributed by atoms with van der Waals surface area (Å²) < 4.78 is 9.94. The van der Waals surface area contributed by atoms with E-state index in [4.69, 9.17) is 21.1 Å². The Kier molecular flexibility index (Phi) is 6.89. The van der Waals surface area contributed by atoms with E-state index in [2.05, 4.69) is 0 Å². The number of hydrogen-bond donors (Lipinski definition) is 0. The molecule has 0 rings (SSSR count). The molecule has 0 aromatic heterocycles. The van der Waals surface area contributed by atoms with E-state index in [1.807, 2.05) is 13.8 Å². The summed E-state index contributed by atoms with van der Waals surface area (Å²) in [5, 5.41) is 0. The molecule has 0 unspecified atom stereocenters. The van der Waals surface area contributed by atoms with Crippen LogP contribution in [0.3, 0.4) is 0 Å². The van der Waals surface area contributed by atoms with Gasteiger partial charge in [0.15, 0.2) is 0 Å². The average molecular weight is 238 g/mol. The Labute approximate surface area is 96.5 Å². The molecule has 0 saturated carbocycles. The summed E-state index contributed by atoms with van der Waals surface area (Å²) in [4.78, 5) is 13.2. The first-order chi connectivity index (χ1) is 6.95. The molecule has 0 fully saturated rings. The normalized spacial score (nSPS) is 11.5. The molecule has 0 aliphatic carbocycles. The summed E-state index contributed by atoms with van der Waals surface area (Å²) in [6.07, 6.45) is 0. The monoisotopic (exact) mass is 237 g/mol. The number of methoxy groups -OCH3 is 1. The Balaban J connectivity index is 3.89. The van der Waals surface area contributed by atoms with Crippen LogP contribution in [0.25, 0.3) is 0 Å². The third-order valence-electron chi connectivity index (χ3n) is 2.27. The highest BCUT2D eigenvalue weighted by atomic mass is 35.5. The maximum absolute atomic E-state index is 11.6. The standard InChI is InChI=1S/C10H20ClNO3/c1-10(2,8-11)12(3)9(13)7-15-6-5-14-4/h5-8H2,1-4H3. The predicted octanol–water partition coefficient (Wildman–Crippen LogP) is 1.13.